The Hall–Kier alpha value is -3.49. The highest BCUT2D eigenvalue weighted by atomic mass is 35.5. The molecule has 4 aromatic rings. The third kappa shape index (κ3) is 4.91. The lowest BCUT2D eigenvalue weighted by Gasteiger charge is -2.05. The number of anilines is 1. The molecule has 0 aliphatic heterocycles. The van der Waals surface area contributed by atoms with Gasteiger partial charge in [0.2, 0.25) is 0 Å². The number of ether oxygens (including phenoxy) is 1. The molecule has 0 aliphatic rings. The van der Waals surface area contributed by atoms with E-state index >= 15 is 0 Å². The molecule has 30 heavy (non-hydrogen) atoms. The Labute approximate surface area is 181 Å². The lowest BCUT2D eigenvalue weighted by Crippen LogP contribution is -2.13. The highest BCUT2D eigenvalue weighted by molar-refractivity contribution is 7.09. The largest absolute Gasteiger partial charge is 0.508 e. The molecule has 4 rings (SSSR count). The fourth-order valence-electron chi connectivity index (χ4n) is 2.54. The van der Waals surface area contributed by atoms with E-state index in [9.17, 15) is 9.90 Å². The number of aromatic hydroxyl groups is 1. The average molecular weight is 439 g/mol. The molecule has 2 heterocycles. The summed E-state index contributed by atoms with van der Waals surface area (Å²) in [4.78, 5) is 25.2. The summed E-state index contributed by atoms with van der Waals surface area (Å²) in [5, 5.41) is 15.2. The molecule has 0 atom stereocenters. The second-order valence-electron chi connectivity index (χ2n) is 6.17. The van der Waals surface area contributed by atoms with Crippen LogP contribution < -0.4 is 10.1 Å². The lowest BCUT2D eigenvalue weighted by atomic mass is 10.2. The Morgan fingerprint density at radius 3 is 2.63 bits per heavy atom. The van der Waals surface area contributed by atoms with E-state index in [0.29, 0.717) is 32.9 Å². The van der Waals surface area contributed by atoms with Gasteiger partial charge >= 0.3 is 0 Å². The first-order valence-electron chi connectivity index (χ1n) is 8.82. The van der Waals surface area contributed by atoms with Crippen LogP contribution in [0.1, 0.15) is 15.5 Å². The molecule has 150 valence electrons. The average Bonchev–Trinajstić information content (AvgIpc) is 3.23. The second-order valence-corrected chi connectivity index (χ2v) is 7.55. The predicted molar refractivity (Wildman–Crippen MR) is 115 cm³/mol. The van der Waals surface area contributed by atoms with Crippen LogP contribution in [-0.4, -0.2) is 26.0 Å². The van der Waals surface area contributed by atoms with Crippen molar-refractivity contribution in [2.75, 3.05) is 5.32 Å². The summed E-state index contributed by atoms with van der Waals surface area (Å²) in [6.45, 7) is 0.251. The van der Waals surface area contributed by atoms with E-state index in [0.717, 1.165) is 0 Å². The number of phenols is 1. The molecule has 0 bridgehead atoms. The number of halogens is 1. The van der Waals surface area contributed by atoms with E-state index in [1.54, 1.807) is 53.9 Å². The summed E-state index contributed by atoms with van der Waals surface area (Å²) in [7, 11) is 0. The van der Waals surface area contributed by atoms with Crippen LogP contribution in [0, 0.1) is 0 Å². The number of benzene rings is 2. The van der Waals surface area contributed by atoms with E-state index in [1.165, 1.54) is 23.7 Å². The van der Waals surface area contributed by atoms with Crippen molar-refractivity contribution in [3.63, 3.8) is 0 Å². The molecule has 0 fully saturated rings. The highest BCUT2D eigenvalue weighted by Crippen LogP contribution is 2.21. The molecule has 2 aromatic carbocycles. The van der Waals surface area contributed by atoms with Gasteiger partial charge in [0.1, 0.15) is 28.8 Å². The molecular weight excluding hydrogens is 424 g/mol. The molecule has 1 amide bonds. The van der Waals surface area contributed by atoms with Crippen LogP contribution in [0.25, 0.3) is 11.4 Å². The minimum atomic E-state index is -0.363. The van der Waals surface area contributed by atoms with E-state index in [4.69, 9.17) is 16.3 Å². The van der Waals surface area contributed by atoms with Crippen LogP contribution in [-0.2, 0) is 6.61 Å². The van der Waals surface area contributed by atoms with E-state index in [2.05, 4.69) is 20.3 Å². The zero-order valence-corrected chi connectivity index (χ0v) is 17.0. The fraction of sp³-hybridized carbons (Fsp3) is 0.0476. The number of nitrogens with one attached hydrogen (secondary N) is 1. The first-order chi connectivity index (χ1) is 14.6. The van der Waals surface area contributed by atoms with Gasteiger partial charge in [-0.2, -0.15) is 0 Å². The number of carbonyl (C=O) groups excluding carboxylic acids is 1. The maximum atomic E-state index is 12.4. The fourth-order valence-corrected chi connectivity index (χ4v) is 3.35. The first-order valence-corrected chi connectivity index (χ1v) is 10.1. The van der Waals surface area contributed by atoms with Crippen molar-refractivity contribution in [1.29, 1.82) is 0 Å². The standard InChI is InChI=1S/C21H15ClN4O3S/c22-14-4-6-17(7-5-14)29-11-19-26-18(12-30-19)21(28)25-15-9-23-20(24-10-15)13-2-1-3-16(27)8-13/h1-10,12,27H,11H2,(H,25,28). The van der Waals surface area contributed by atoms with Crippen molar-refractivity contribution in [2.45, 2.75) is 6.61 Å². The van der Waals surface area contributed by atoms with Crippen molar-refractivity contribution in [3.05, 3.63) is 82.0 Å². The van der Waals surface area contributed by atoms with Crippen LogP contribution in [0.4, 0.5) is 5.69 Å². The van der Waals surface area contributed by atoms with Gasteiger partial charge in [0.05, 0.1) is 18.1 Å². The molecule has 0 saturated heterocycles. The topological polar surface area (TPSA) is 97.2 Å². The number of hydrogen-bond acceptors (Lipinski definition) is 7. The number of nitrogens with zero attached hydrogens (tertiary/aromatic N) is 3. The van der Waals surface area contributed by atoms with Crippen molar-refractivity contribution >= 4 is 34.5 Å². The van der Waals surface area contributed by atoms with Gasteiger partial charge in [0.15, 0.2) is 5.82 Å². The third-order valence-corrected chi connectivity index (χ3v) is 5.05. The zero-order valence-electron chi connectivity index (χ0n) is 15.4. The summed E-state index contributed by atoms with van der Waals surface area (Å²) in [5.74, 6) is 0.884. The van der Waals surface area contributed by atoms with Crippen molar-refractivity contribution in [1.82, 2.24) is 15.0 Å². The molecule has 2 N–H and O–H groups in total. The number of amides is 1. The van der Waals surface area contributed by atoms with E-state index < -0.39 is 0 Å². The van der Waals surface area contributed by atoms with Crippen molar-refractivity contribution < 1.29 is 14.6 Å². The summed E-state index contributed by atoms with van der Waals surface area (Å²) < 4.78 is 5.64. The normalized spacial score (nSPS) is 10.6. The summed E-state index contributed by atoms with van der Waals surface area (Å²) in [6, 6.07) is 13.7. The quantitative estimate of drug-likeness (QED) is 0.449. The van der Waals surface area contributed by atoms with Crippen LogP contribution in [0.5, 0.6) is 11.5 Å². The van der Waals surface area contributed by atoms with Gasteiger partial charge in [-0.25, -0.2) is 15.0 Å². The molecule has 0 aliphatic carbocycles. The SMILES string of the molecule is O=C(Nc1cnc(-c2cccc(O)c2)nc1)c1csc(COc2ccc(Cl)cc2)n1. The molecule has 7 nitrogen and oxygen atoms in total. The molecular formula is C21H15ClN4O3S. The first kappa shape index (κ1) is 19.8. The van der Waals surface area contributed by atoms with Crippen molar-refractivity contribution in [3.8, 4) is 22.9 Å². The molecule has 0 saturated carbocycles. The van der Waals surface area contributed by atoms with E-state index in [1.807, 2.05) is 0 Å². The van der Waals surface area contributed by atoms with Gasteiger partial charge in [-0.05, 0) is 36.4 Å². The smallest absolute Gasteiger partial charge is 0.275 e. The molecule has 0 spiro atoms. The number of rotatable bonds is 6. The van der Waals surface area contributed by atoms with Gasteiger partial charge in [0.25, 0.3) is 5.91 Å². The minimum Gasteiger partial charge on any atom is -0.508 e. The molecule has 0 unspecified atom stereocenters. The highest BCUT2D eigenvalue weighted by Gasteiger charge is 2.12. The number of hydrogen-bond donors (Lipinski definition) is 2. The maximum absolute atomic E-state index is 12.4. The van der Waals surface area contributed by atoms with E-state index in [-0.39, 0.29) is 24.0 Å². The Bertz CT molecular complexity index is 1160. The monoisotopic (exact) mass is 438 g/mol. The Balaban J connectivity index is 1.36. The second kappa shape index (κ2) is 8.89. The number of carbonyl (C=O) groups is 1. The molecule has 0 radical (unpaired) electrons. The Kier molecular flexibility index (Phi) is 5.87. The van der Waals surface area contributed by atoms with Crippen LogP contribution in [0.15, 0.2) is 66.3 Å². The summed E-state index contributed by atoms with van der Waals surface area (Å²) in [6.07, 6.45) is 3.00. The van der Waals surface area contributed by atoms with Gasteiger partial charge in [-0.3, -0.25) is 4.79 Å². The van der Waals surface area contributed by atoms with Gasteiger partial charge < -0.3 is 15.2 Å². The molecule has 2 aromatic heterocycles. The zero-order chi connectivity index (χ0) is 20.9. The van der Waals surface area contributed by atoms with Gasteiger partial charge in [-0.1, -0.05) is 23.7 Å². The summed E-state index contributed by atoms with van der Waals surface area (Å²) >= 11 is 7.18. The summed E-state index contributed by atoms with van der Waals surface area (Å²) in [5.41, 5.74) is 1.40. The van der Waals surface area contributed by atoms with Gasteiger partial charge in [-0.15, -0.1) is 11.3 Å². The van der Waals surface area contributed by atoms with Crippen LogP contribution in [0.3, 0.4) is 0 Å². The predicted octanol–water partition coefficient (Wildman–Crippen LogP) is 4.79. The van der Waals surface area contributed by atoms with Gasteiger partial charge in [0, 0.05) is 16.0 Å². The number of phenolic OH excluding ortho intramolecular Hbond substituents is 1. The van der Waals surface area contributed by atoms with Crippen LogP contribution in [0.2, 0.25) is 5.02 Å². The molecule has 9 heteroatoms. The lowest BCUT2D eigenvalue weighted by molar-refractivity contribution is 0.102. The number of thiazole rings is 1. The van der Waals surface area contributed by atoms with Crippen molar-refractivity contribution in [2.24, 2.45) is 0 Å². The van der Waals surface area contributed by atoms with Crippen LogP contribution >= 0.6 is 22.9 Å². The third-order valence-electron chi connectivity index (χ3n) is 3.97. The number of aromatic nitrogens is 3. The maximum Gasteiger partial charge on any atom is 0.275 e. The Morgan fingerprint density at radius 2 is 1.90 bits per heavy atom. The Morgan fingerprint density at radius 1 is 1.13 bits per heavy atom. The minimum absolute atomic E-state index is 0.132.